The summed E-state index contributed by atoms with van der Waals surface area (Å²) >= 11 is 5.87. The number of halogens is 1. The zero-order chi connectivity index (χ0) is 18.4. The monoisotopic (exact) mass is 369 g/mol. The second-order valence-electron chi connectivity index (χ2n) is 6.15. The average molecular weight is 370 g/mol. The Morgan fingerprint density at radius 2 is 1.85 bits per heavy atom. The normalized spacial score (nSPS) is 17.3. The Hall–Kier alpha value is -2.66. The van der Waals surface area contributed by atoms with Gasteiger partial charge in [-0.1, -0.05) is 23.7 Å². The van der Waals surface area contributed by atoms with Crippen LogP contribution in [-0.2, 0) is 9.59 Å². The fraction of sp³-hybridized carbons (Fsp3) is 0.250. The molecule has 0 aliphatic carbocycles. The van der Waals surface area contributed by atoms with Crippen LogP contribution >= 0.6 is 11.6 Å². The van der Waals surface area contributed by atoms with Crippen LogP contribution in [0, 0.1) is 0 Å². The van der Waals surface area contributed by atoms with Crippen LogP contribution in [0.2, 0.25) is 5.02 Å². The van der Waals surface area contributed by atoms with Crippen molar-refractivity contribution in [1.82, 2.24) is 9.88 Å². The lowest BCUT2D eigenvalue weighted by Gasteiger charge is -2.34. The van der Waals surface area contributed by atoms with E-state index in [4.69, 9.17) is 11.6 Å². The van der Waals surface area contributed by atoms with E-state index in [9.17, 15) is 9.59 Å². The molecule has 1 N–H and O–H groups in total. The average Bonchev–Trinajstić information content (AvgIpc) is 2.68. The summed E-state index contributed by atoms with van der Waals surface area (Å²) in [6.07, 6.45) is 8.99. The third kappa shape index (κ3) is 4.70. The molecule has 3 rings (SSSR count). The second-order valence-corrected chi connectivity index (χ2v) is 6.59. The highest BCUT2D eigenvalue weighted by Crippen LogP contribution is 2.20. The summed E-state index contributed by atoms with van der Waals surface area (Å²) in [4.78, 5) is 30.8. The third-order valence-electron chi connectivity index (χ3n) is 4.32. The Morgan fingerprint density at radius 1 is 1.12 bits per heavy atom. The third-order valence-corrected chi connectivity index (χ3v) is 4.58. The van der Waals surface area contributed by atoms with Crippen LogP contribution in [0.5, 0.6) is 0 Å². The fourth-order valence-corrected chi connectivity index (χ4v) is 3.09. The number of carbonyl (C=O) groups excluding carboxylic acids is 2. The van der Waals surface area contributed by atoms with E-state index in [0.29, 0.717) is 23.7 Å². The highest BCUT2D eigenvalue weighted by atomic mass is 35.5. The molecule has 1 aromatic heterocycles. The number of benzene rings is 1. The van der Waals surface area contributed by atoms with Crippen LogP contribution < -0.4 is 5.32 Å². The molecule has 2 aromatic rings. The van der Waals surface area contributed by atoms with Crippen molar-refractivity contribution in [2.24, 2.45) is 0 Å². The smallest absolute Gasteiger partial charge is 0.247 e. The molecule has 0 saturated carbocycles. The summed E-state index contributed by atoms with van der Waals surface area (Å²) in [6.45, 7) is 0.582. The van der Waals surface area contributed by atoms with Crippen LogP contribution in [-0.4, -0.2) is 34.3 Å². The van der Waals surface area contributed by atoms with Gasteiger partial charge >= 0.3 is 0 Å². The summed E-state index contributed by atoms with van der Waals surface area (Å²) in [5.74, 6) is -0.321. The number of amides is 2. The molecule has 2 amide bonds. The van der Waals surface area contributed by atoms with Gasteiger partial charge in [-0.05, 0) is 55.2 Å². The van der Waals surface area contributed by atoms with Gasteiger partial charge in [0.25, 0.3) is 0 Å². The van der Waals surface area contributed by atoms with Crippen molar-refractivity contribution in [3.05, 3.63) is 65.5 Å². The number of carbonyl (C=O) groups is 2. The molecule has 1 unspecified atom stereocenters. The maximum atomic E-state index is 12.6. The highest BCUT2D eigenvalue weighted by Gasteiger charge is 2.31. The van der Waals surface area contributed by atoms with Crippen molar-refractivity contribution in [2.75, 3.05) is 11.9 Å². The van der Waals surface area contributed by atoms with E-state index >= 15 is 0 Å². The molecule has 1 aromatic carbocycles. The van der Waals surface area contributed by atoms with Gasteiger partial charge in [-0.15, -0.1) is 0 Å². The topological polar surface area (TPSA) is 62.3 Å². The first-order valence-corrected chi connectivity index (χ1v) is 8.96. The maximum absolute atomic E-state index is 12.6. The highest BCUT2D eigenvalue weighted by molar-refractivity contribution is 6.30. The summed E-state index contributed by atoms with van der Waals surface area (Å²) in [6, 6.07) is 10.2. The first-order chi connectivity index (χ1) is 12.6. The van der Waals surface area contributed by atoms with Gasteiger partial charge in [0.15, 0.2) is 0 Å². The Labute approximate surface area is 157 Å². The molecule has 5 nitrogen and oxygen atoms in total. The number of likely N-dealkylation sites (tertiary alicyclic amines) is 1. The van der Waals surface area contributed by atoms with Gasteiger partial charge in [-0.3, -0.25) is 14.6 Å². The number of hydrogen-bond donors (Lipinski definition) is 1. The molecule has 0 radical (unpaired) electrons. The number of pyridine rings is 1. The van der Waals surface area contributed by atoms with E-state index < -0.39 is 6.04 Å². The van der Waals surface area contributed by atoms with Crippen molar-refractivity contribution in [2.45, 2.75) is 25.3 Å². The lowest BCUT2D eigenvalue weighted by molar-refractivity contribution is -0.136. The minimum atomic E-state index is -0.459. The number of nitrogens with zero attached hydrogens (tertiary/aromatic N) is 2. The molecular formula is C20H20ClN3O2. The van der Waals surface area contributed by atoms with E-state index in [-0.39, 0.29) is 11.8 Å². The van der Waals surface area contributed by atoms with Gasteiger partial charge in [-0.25, -0.2) is 0 Å². The number of hydrogen-bond acceptors (Lipinski definition) is 3. The predicted octanol–water partition coefficient (Wildman–Crippen LogP) is 3.77. The van der Waals surface area contributed by atoms with E-state index in [1.54, 1.807) is 47.6 Å². The number of rotatable bonds is 4. The second kappa shape index (κ2) is 8.63. The number of aromatic nitrogens is 1. The predicted molar refractivity (Wildman–Crippen MR) is 103 cm³/mol. The van der Waals surface area contributed by atoms with Crippen LogP contribution in [0.25, 0.3) is 6.08 Å². The Kier molecular flexibility index (Phi) is 6.02. The zero-order valence-electron chi connectivity index (χ0n) is 14.3. The molecule has 1 fully saturated rings. The molecule has 1 atom stereocenters. The van der Waals surface area contributed by atoms with Gasteiger partial charge < -0.3 is 10.2 Å². The van der Waals surface area contributed by atoms with Crippen LogP contribution in [0.15, 0.2) is 54.9 Å². The molecule has 6 heteroatoms. The molecule has 1 saturated heterocycles. The zero-order valence-corrected chi connectivity index (χ0v) is 15.0. The van der Waals surface area contributed by atoms with Crippen molar-refractivity contribution in [3.8, 4) is 0 Å². The van der Waals surface area contributed by atoms with E-state index in [2.05, 4.69) is 10.3 Å². The van der Waals surface area contributed by atoms with Gasteiger partial charge in [-0.2, -0.15) is 0 Å². The van der Waals surface area contributed by atoms with Crippen LogP contribution in [0.3, 0.4) is 0 Å². The van der Waals surface area contributed by atoms with Gasteiger partial charge in [0, 0.05) is 35.7 Å². The number of nitrogens with one attached hydrogen (secondary N) is 1. The lowest BCUT2D eigenvalue weighted by Crippen LogP contribution is -2.49. The molecule has 1 aliphatic rings. The van der Waals surface area contributed by atoms with Crippen molar-refractivity contribution >= 4 is 35.2 Å². The van der Waals surface area contributed by atoms with Crippen molar-refractivity contribution in [3.63, 3.8) is 0 Å². The summed E-state index contributed by atoms with van der Waals surface area (Å²) < 4.78 is 0. The van der Waals surface area contributed by atoms with Gasteiger partial charge in [0.1, 0.15) is 6.04 Å². The maximum Gasteiger partial charge on any atom is 0.247 e. The Morgan fingerprint density at radius 3 is 2.58 bits per heavy atom. The van der Waals surface area contributed by atoms with Crippen molar-refractivity contribution in [1.29, 1.82) is 0 Å². The molecule has 0 bridgehead atoms. The largest absolute Gasteiger partial charge is 0.327 e. The van der Waals surface area contributed by atoms with Gasteiger partial charge in [0.2, 0.25) is 11.8 Å². The summed E-state index contributed by atoms with van der Waals surface area (Å²) in [5, 5.41) is 3.52. The number of piperidine rings is 1. The first kappa shape index (κ1) is 18.1. The Bertz CT molecular complexity index is 790. The van der Waals surface area contributed by atoms with E-state index in [1.165, 1.54) is 6.08 Å². The molecule has 26 heavy (non-hydrogen) atoms. The molecular weight excluding hydrogens is 350 g/mol. The summed E-state index contributed by atoms with van der Waals surface area (Å²) in [5.41, 5.74) is 1.57. The van der Waals surface area contributed by atoms with Gasteiger partial charge in [0.05, 0.1) is 0 Å². The molecule has 134 valence electrons. The summed E-state index contributed by atoms with van der Waals surface area (Å²) in [7, 11) is 0. The fourth-order valence-electron chi connectivity index (χ4n) is 2.97. The minimum absolute atomic E-state index is 0.158. The molecule has 2 heterocycles. The molecule has 0 spiro atoms. The molecule has 1 aliphatic heterocycles. The van der Waals surface area contributed by atoms with E-state index in [0.717, 1.165) is 18.4 Å². The number of anilines is 1. The standard InChI is InChI=1S/C20H20ClN3O2/c21-16-7-4-15(5-8-16)6-9-19(25)24-14-2-1-3-18(24)20(26)23-17-10-12-22-13-11-17/h4-13,18H,1-3,14H2,(H,22,23,26)/b9-6+. The minimum Gasteiger partial charge on any atom is -0.327 e. The van der Waals surface area contributed by atoms with E-state index in [1.807, 2.05) is 12.1 Å². The van der Waals surface area contributed by atoms with Crippen LogP contribution in [0.4, 0.5) is 5.69 Å². The SMILES string of the molecule is O=C(Nc1ccncc1)C1CCCCN1C(=O)/C=C/c1ccc(Cl)cc1. The van der Waals surface area contributed by atoms with Crippen LogP contribution in [0.1, 0.15) is 24.8 Å². The first-order valence-electron chi connectivity index (χ1n) is 8.58. The van der Waals surface area contributed by atoms with Crippen molar-refractivity contribution < 1.29 is 9.59 Å². The lowest BCUT2D eigenvalue weighted by atomic mass is 10.0. The quantitative estimate of drug-likeness (QED) is 0.834. The Balaban J connectivity index is 1.68.